The minimum atomic E-state index is -3.99. The van der Waals surface area contributed by atoms with Crippen molar-refractivity contribution < 1.29 is 22.3 Å². The Morgan fingerprint density at radius 2 is 1.71 bits per heavy atom. The first-order valence-corrected chi connectivity index (χ1v) is 9.11. The molecular weight excluding hydrogens is 357 g/mol. The summed E-state index contributed by atoms with van der Waals surface area (Å²) in [6.45, 7) is 4.35. The number of rotatable bonds is 7. The lowest BCUT2D eigenvalue weighted by Crippen LogP contribution is -2.14. The third-order valence-corrected chi connectivity index (χ3v) is 4.60. The number of anilines is 1. The van der Waals surface area contributed by atoms with E-state index in [0.717, 1.165) is 6.07 Å². The summed E-state index contributed by atoms with van der Waals surface area (Å²) in [6.07, 6.45) is 0. The van der Waals surface area contributed by atoms with Crippen LogP contribution in [0.25, 0.3) is 0 Å². The summed E-state index contributed by atoms with van der Waals surface area (Å²) in [7, 11) is -3.99. The Morgan fingerprint density at radius 1 is 1.04 bits per heavy atom. The summed E-state index contributed by atoms with van der Waals surface area (Å²) in [4.78, 5) is -0.0660. The number of sulfonamides is 1. The predicted molar refractivity (Wildman–Crippen MR) is 91.0 cm³/mol. The smallest absolute Gasteiger partial charge is 0.262 e. The lowest BCUT2D eigenvalue weighted by atomic mass is 10.3. The molecular formula is C16H17ClFNO4S. The van der Waals surface area contributed by atoms with Crippen LogP contribution in [0.5, 0.6) is 11.5 Å². The minimum Gasteiger partial charge on any atom is -0.490 e. The van der Waals surface area contributed by atoms with E-state index >= 15 is 0 Å². The first-order chi connectivity index (χ1) is 11.4. The van der Waals surface area contributed by atoms with Gasteiger partial charge in [0.05, 0.1) is 23.8 Å². The van der Waals surface area contributed by atoms with Crippen molar-refractivity contribution in [3.63, 3.8) is 0 Å². The molecule has 0 unspecified atom stereocenters. The van der Waals surface area contributed by atoms with Gasteiger partial charge in [-0.05, 0) is 44.2 Å². The van der Waals surface area contributed by atoms with Crippen LogP contribution in [0.2, 0.25) is 5.02 Å². The molecule has 2 aromatic carbocycles. The molecule has 0 saturated carbocycles. The largest absolute Gasteiger partial charge is 0.490 e. The van der Waals surface area contributed by atoms with Gasteiger partial charge >= 0.3 is 0 Å². The first kappa shape index (κ1) is 18.4. The number of halogens is 2. The van der Waals surface area contributed by atoms with E-state index in [1.54, 1.807) is 6.92 Å². The lowest BCUT2D eigenvalue weighted by Gasteiger charge is -2.14. The van der Waals surface area contributed by atoms with Crippen molar-refractivity contribution >= 4 is 27.3 Å². The summed E-state index contributed by atoms with van der Waals surface area (Å²) in [5, 5.41) is 0.176. The monoisotopic (exact) mass is 373 g/mol. The predicted octanol–water partition coefficient (Wildman–Crippen LogP) is 4.08. The van der Waals surface area contributed by atoms with Crippen molar-refractivity contribution in [2.24, 2.45) is 0 Å². The zero-order valence-electron chi connectivity index (χ0n) is 13.2. The number of hydrogen-bond acceptors (Lipinski definition) is 4. The molecule has 0 aliphatic heterocycles. The maximum atomic E-state index is 13.8. The zero-order chi connectivity index (χ0) is 17.7. The van der Waals surface area contributed by atoms with E-state index < -0.39 is 15.8 Å². The van der Waals surface area contributed by atoms with Crippen LogP contribution in [-0.2, 0) is 10.0 Å². The average molecular weight is 374 g/mol. The molecule has 24 heavy (non-hydrogen) atoms. The molecule has 0 fully saturated rings. The van der Waals surface area contributed by atoms with Gasteiger partial charge in [-0.2, -0.15) is 0 Å². The second kappa shape index (κ2) is 7.72. The lowest BCUT2D eigenvalue weighted by molar-refractivity contribution is 0.287. The van der Waals surface area contributed by atoms with Crippen molar-refractivity contribution in [2.45, 2.75) is 18.7 Å². The van der Waals surface area contributed by atoms with E-state index in [9.17, 15) is 12.8 Å². The molecule has 2 rings (SSSR count). The van der Waals surface area contributed by atoms with Gasteiger partial charge in [0.2, 0.25) is 0 Å². The number of nitrogens with one attached hydrogen (secondary N) is 1. The summed E-state index contributed by atoms with van der Waals surface area (Å²) >= 11 is 5.66. The highest BCUT2D eigenvalue weighted by Crippen LogP contribution is 2.31. The molecule has 0 heterocycles. The van der Waals surface area contributed by atoms with E-state index in [-0.39, 0.29) is 15.6 Å². The van der Waals surface area contributed by atoms with Crippen LogP contribution in [-0.4, -0.2) is 21.6 Å². The highest BCUT2D eigenvalue weighted by atomic mass is 35.5. The molecule has 2 aromatic rings. The van der Waals surface area contributed by atoms with E-state index in [1.807, 2.05) is 6.92 Å². The normalized spacial score (nSPS) is 11.2. The van der Waals surface area contributed by atoms with Gasteiger partial charge < -0.3 is 9.47 Å². The van der Waals surface area contributed by atoms with E-state index in [0.29, 0.717) is 24.7 Å². The number of benzene rings is 2. The Labute approximate surface area is 145 Å². The molecule has 0 spiro atoms. The molecule has 0 aliphatic rings. The van der Waals surface area contributed by atoms with Gasteiger partial charge in [-0.1, -0.05) is 11.6 Å². The zero-order valence-corrected chi connectivity index (χ0v) is 14.7. The molecule has 0 atom stereocenters. The molecule has 0 aromatic heterocycles. The molecule has 130 valence electrons. The Hall–Kier alpha value is -1.99. The van der Waals surface area contributed by atoms with Crippen LogP contribution >= 0.6 is 11.6 Å². The van der Waals surface area contributed by atoms with Crippen molar-refractivity contribution in [3.05, 3.63) is 47.2 Å². The van der Waals surface area contributed by atoms with Crippen molar-refractivity contribution in [1.29, 1.82) is 0 Å². The van der Waals surface area contributed by atoms with E-state index in [1.165, 1.54) is 30.3 Å². The van der Waals surface area contributed by atoms with E-state index in [2.05, 4.69) is 4.72 Å². The van der Waals surface area contributed by atoms with Crippen LogP contribution in [0.1, 0.15) is 13.8 Å². The summed E-state index contributed by atoms with van der Waals surface area (Å²) in [5.74, 6) is -0.0168. The third-order valence-electron chi connectivity index (χ3n) is 3.00. The van der Waals surface area contributed by atoms with E-state index in [4.69, 9.17) is 21.1 Å². The van der Waals surface area contributed by atoms with Gasteiger partial charge in [0.15, 0.2) is 11.5 Å². The SMILES string of the molecule is CCOc1ccc(S(=O)(=O)Nc2ccc(Cl)cc2F)cc1OCC. The molecule has 1 N–H and O–H groups in total. The van der Waals surface area contributed by atoms with Gasteiger partial charge in [-0.3, -0.25) is 4.72 Å². The third kappa shape index (κ3) is 4.30. The van der Waals surface area contributed by atoms with Crippen LogP contribution < -0.4 is 14.2 Å². The van der Waals surface area contributed by atoms with Gasteiger partial charge in [0.1, 0.15) is 5.82 Å². The quantitative estimate of drug-likeness (QED) is 0.794. The van der Waals surface area contributed by atoms with Crippen LogP contribution in [0, 0.1) is 5.82 Å². The maximum Gasteiger partial charge on any atom is 0.262 e. The second-order valence-corrected chi connectivity index (χ2v) is 6.82. The van der Waals surface area contributed by atoms with Gasteiger partial charge in [-0.15, -0.1) is 0 Å². The van der Waals surface area contributed by atoms with Gasteiger partial charge in [0, 0.05) is 11.1 Å². The fourth-order valence-corrected chi connectivity index (χ4v) is 3.22. The molecule has 0 aliphatic carbocycles. The first-order valence-electron chi connectivity index (χ1n) is 7.25. The molecule has 0 radical (unpaired) electrons. The Balaban J connectivity index is 2.36. The summed E-state index contributed by atoms with van der Waals surface area (Å²) < 4.78 is 51.7. The Morgan fingerprint density at radius 3 is 2.33 bits per heavy atom. The Bertz CT molecular complexity index is 827. The van der Waals surface area contributed by atoms with Crippen molar-refractivity contribution in [1.82, 2.24) is 0 Å². The molecule has 5 nitrogen and oxygen atoms in total. The fourth-order valence-electron chi connectivity index (χ4n) is 1.97. The number of ether oxygens (including phenoxy) is 2. The van der Waals surface area contributed by atoms with Crippen LogP contribution in [0.3, 0.4) is 0 Å². The summed E-state index contributed by atoms with van der Waals surface area (Å²) in [5.41, 5.74) is -0.189. The molecule has 0 saturated heterocycles. The maximum absolute atomic E-state index is 13.8. The molecule has 8 heteroatoms. The minimum absolute atomic E-state index is 0.0660. The summed E-state index contributed by atoms with van der Waals surface area (Å²) in [6, 6.07) is 7.89. The van der Waals surface area contributed by atoms with Crippen LogP contribution in [0.4, 0.5) is 10.1 Å². The number of hydrogen-bond donors (Lipinski definition) is 1. The Kier molecular flexibility index (Phi) is 5.90. The highest BCUT2D eigenvalue weighted by molar-refractivity contribution is 7.92. The highest BCUT2D eigenvalue weighted by Gasteiger charge is 2.19. The van der Waals surface area contributed by atoms with Gasteiger partial charge in [-0.25, -0.2) is 12.8 Å². The van der Waals surface area contributed by atoms with Crippen LogP contribution in [0.15, 0.2) is 41.3 Å². The van der Waals surface area contributed by atoms with Crippen molar-refractivity contribution in [2.75, 3.05) is 17.9 Å². The average Bonchev–Trinajstić information content (AvgIpc) is 2.52. The topological polar surface area (TPSA) is 64.6 Å². The molecule has 0 bridgehead atoms. The standard InChI is InChI=1S/C16H17ClFNO4S/c1-3-22-15-8-6-12(10-16(15)23-4-2)24(20,21)19-14-7-5-11(17)9-13(14)18/h5-10,19H,3-4H2,1-2H3. The van der Waals surface area contributed by atoms with Gasteiger partial charge in [0.25, 0.3) is 10.0 Å². The fraction of sp³-hybridized carbons (Fsp3) is 0.250. The van der Waals surface area contributed by atoms with Crippen molar-refractivity contribution in [3.8, 4) is 11.5 Å². The molecule has 0 amide bonds. The second-order valence-electron chi connectivity index (χ2n) is 4.70.